The fourth-order valence-corrected chi connectivity index (χ4v) is 1.75. The van der Waals surface area contributed by atoms with Crippen molar-refractivity contribution in [1.82, 2.24) is 15.2 Å². The molecule has 2 rings (SSSR count). The third-order valence-corrected chi connectivity index (χ3v) is 2.62. The Balaban J connectivity index is 2.03. The Morgan fingerprint density at radius 2 is 2.53 bits per heavy atom. The summed E-state index contributed by atoms with van der Waals surface area (Å²) in [4.78, 5) is 6.08. The third-order valence-electron chi connectivity index (χ3n) is 2.40. The molecule has 1 atom stereocenters. The summed E-state index contributed by atoms with van der Waals surface area (Å²) < 4.78 is 0. The van der Waals surface area contributed by atoms with E-state index in [1.54, 1.807) is 12.3 Å². The van der Waals surface area contributed by atoms with E-state index in [4.69, 9.17) is 16.9 Å². The van der Waals surface area contributed by atoms with Crippen molar-refractivity contribution in [1.29, 1.82) is 5.26 Å². The number of rotatable bonds is 2. The molecule has 1 aliphatic rings. The molecule has 1 aromatic heterocycles. The van der Waals surface area contributed by atoms with E-state index in [0.717, 1.165) is 25.2 Å². The van der Waals surface area contributed by atoms with Gasteiger partial charge in [0.25, 0.3) is 0 Å². The van der Waals surface area contributed by atoms with Crippen molar-refractivity contribution in [2.24, 2.45) is 0 Å². The van der Waals surface area contributed by atoms with Crippen molar-refractivity contribution in [2.75, 3.05) is 13.1 Å². The predicted molar refractivity (Wildman–Crippen MR) is 57.1 cm³/mol. The molecule has 1 aromatic rings. The van der Waals surface area contributed by atoms with Crippen LogP contribution in [-0.4, -0.2) is 29.1 Å². The topological polar surface area (TPSA) is 52.0 Å². The van der Waals surface area contributed by atoms with Crippen LogP contribution in [0.15, 0.2) is 18.3 Å². The van der Waals surface area contributed by atoms with E-state index in [0.29, 0.717) is 5.15 Å². The standard InChI is InChI=1S/C10H11ClN4/c11-9-2-1-8(6-14-9)7-15-4-3-13-10(15)5-12/h1-2,6,10,13H,3-4,7H2. The van der Waals surface area contributed by atoms with Crippen LogP contribution in [-0.2, 0) is 6.54 Å². The Labute approximate surface area is 93.5 Å². The highest BCUT2D eigenvalue weighted by Gasteiger charge is 2.22. The van der Waals surface area contributed by atoms with Crippen molar-refractivity contribution >= 4 is 11.6 Å². The highest BCUT2D eigenvalue weighted by Crippen LogP contribution is 2.11. The van der Waals surface area contributed by atoms with Gasteiger partial charge < -0.3 is 0 Å². The van der Waals surface area contributed by atoms with Crippen LogP contribution in [0.4, 0.5) is 0 Å². The van der Waals surface area contributed by atoms with Crippen molar-refractivity contribution in [3.63, 3.8) is 0 Å². The number of aromatic nitrogens is 1. The Kier molecular flexibility index (Phi) is 3.17. The zero-order valence-electron chi connectivity index (χ0n) is 8.15. The number of nitrogens with zero attached hydrogens (tertiary/aromatic N) is 3. The minimum Gasteiger partial charge on any atom is -0.288 e. The maximum absolute atomic E-state index is 8.87. The van der Waals surface area contributed by atoms with Crippen LogP contribution in [0.2, 0.25) is 5.15 Å². The highest BCUT2D eigenvalue weighted by atomic mass is 35.5. The summed E-state index contributed by atoms with van der Waals surface area (Å²) in [5.74, 6) is 0. The maximum Gasteiger partial charge on any atom is 0.150 e. The molecule has 0 bridgehead atoms. The third kappa shape index (κ3) is 2.45. The molecule has 1 unspecified atom stereocenters. The number of pyridine rings is 1. The first-order valence-corrected chi connectivity index (χ1v) is 5.15. The van der Waals surface area contributed by atoms with E-state index in [-0.39, 0.29) is 6.17 Å². The van der Waals surface area contributed by atoms with Crippen molar-refractivity contribution in [3.05, 3.63) is 29.0 Å². The Morgan fingerprint density at radius 1 is 1.67 bits per heavy atom. The molecule has 2 heterocycles. The summed E-state index contributed by atoms with van der Waals surface area (Å²) >= 11 is 5.69. The molecule has 78 valence electrons. The lowest BCUT2D eigenvalue weighted by molar-refractivity contribution is 0.277. The molecule has 0 radical (unpaired) electrons. The number of hydrogen-bond acceptors (Lipinski definition) is 4. The van der Waals surface area contributed by atoms with Crippen LogP contribution in [0.25, 0.3) is 0 Å². The van der Waals surface area contributed by atoms with Gasteiger partial charge in [-0.1, -0.05) is 17.7 Å². The molecule has 4 nitrogen and oxygen atoms in total. The van der Waals surface area contributed by atoms with Gasteiger partial charge in [0.1, 0.15) is 5.15 Å². The fourth-order valence-electron chi connectivity index (χ4n) is 1.64. The van der Waals surface area contributed by atoms with Gasteiger partial charge in [0, 0.05) is 25.8 Å². The monoisotopic (exact) mass is 222 g/mol. The van der Waals surface area contributed by atoms with Crippen LogP contribution >= 0.6 is 11.6 Å². The lowest BCUT2D eigenvalue weighted by atomic mass is 10.2. The summed E-state index contributed by atoms with van der Waals surface area (Å²) in [6, 6.07) is 5.91. The second kappa shape index (κ2) is 4.58. The molecule has 0 saturated carbocycles. The SMILES string of the molecule is N#CC1NCCN1Cc1ccc(Cl)nc1. The lowest BCUT2D eigenvalue weighted by Gasteiger charge is -2.17. The quantitative estimate of drug-likeness (QED) is 0.759. The smallest absolute Gasteiger partial charge is 0.150 e. The number of halogens is 1. The summed E-state index contributed by atoms with van der Waals surface area (Å²) in [5.41, 5.74) is 1.07. The van der Waals surface area contributed by atoms with Crippen molar-refractivity contribution < 1.29 is 0 Å². The van der Waals surface area contributed by atoms with Gasteiger partial charge in [0.2, 0.25) is 0 Å². The number of hydrogen-bond donors (Lipinski definition) is 1. The molecular weight excluding hydrogens is 212 g/mol. The van der Waals surface area contributed by atoms with E-state index in [2.05, 4.69) is 21.3 Å². The molecule has 0 aromatic carbocycles. The molecule has 1 fully saturated rings. The maximum atomic E-state index is 8.87. The normalized spacial score (nSPS) is 21.5. The second-order valence-corrected chi connectivity index (χ2v) is 3.83. The largest absolute Gasteiger partial charge is 0.288 e. The Morgan fingerprint density at radius 3 is 3.20 bits per heavy atom. The molecule has 15 heavy (non-hydrogen) atoms. The average Bonchev–Trinajstić information content (AvgIpc) is 2.69. The molecular formula is C10H11ClN4. The van der Waals surface area contributed by atoms with E-state index in [1.807, 2.05) is 6.07 Å². The molecule has 1 saturated heterocycles. The number of nitrogens with one attached hydrogen (secondary N) is 1. The van der Waals surface area contributed by atoms with E-state index in [1.165, 1.54) is 0 Å². The lowest BCUT2D eigenvalue weighted by Crippen LogP contribution is -2.33. The first kappa shape index (κ1) is 10.4. The van der Waals surface area contributed by atoms with Crippen LogP contribution in [0.5, 0.6) is 0 Å². The number of nitriles is 1. The van der Waals surface area contributed by atoms with Crippen molar-refractivity contribution in [2.45, 2.75) is 12.7 Å². The first-order valence-electron chi connectivity index (χ1n) is 4.77. The average molecular weight is 223 g/mol. The zero-order chi connectivity index (χ0) is 10.7. The molecule has 0 aliphatic carbocycles. The van der Waals surface area contributed by atoms with Gasteiger partial charge in [-0.15, -0.1) is 0 Å². The van der Waals surface area contributed by atoms with Gasteiger partial charge in [-0.05, 0) is 11.6 Å². The van der Waals surface area contributed by atoms with Gasteiger partial charge in [0.05, 0.1) is 6.07 Å². The molecule has 1 aliphatic heterocycles. The Bertz CT molecular complexity index is 370. The predicted octanol–water partition coefficient (Wildman–Crippen LogP) is 0.990. The van der Waals surface area contributed by atoms with Gasteiger partial charge in [-0.3, -0.25) is 10.2 Å². The molecule has 1 N–H and O–H groups in total. The summed E-state index contributed by atoms with van der Waals surface area (Å²) in [5, 5.41) is 12.5. The van der Waals surface area contributed by atoms with Crippen LogP contribution in [0.1, 0.15) is 5.56 Å². The van der Waals surface area contributed by atoms with Crippen molar-refractivity contribution in [3.8, 4) is 6.07 Å². The fraction of sp³-hybridized carbons (Fsp3) is 0.400. The zero-order valence-corrected chi connectivity index (χ0v) is 8.91. The van der Waals surface area contributed by atoms with Crippen LogP contribution < -0.4 is 5.32 Å². The highest BCUT2D eigenvalue weighted by molar-refractivity contribution is 6.29. The van der Waals surface area contributed by atoms with E-state index >= 15 is 0 Å². The van der Waals surface area contributed by atoms with Crippen LogP contribution in [0, 0.1) is 11.3 Å². The minimum atomic E-state index is -0.180. The van der Waals surface area contributed by atoms with E-state index in [9.17, 15) is 0 Å². The van der Waals surface area contributed by atoms with Gasteiger partial charge in [-0.2, -0.15) is 5.26 Å². The first-order chi connectivity index (χ1) is 7.29. The molecule has 5 heteroatoms. The Hall–Kier alpha value is -1.15. The summed E-state index contributed by atoms with van der Waals surface area (Å²) in [6.45, 7) is 2.48. The van der Waals surface area contributed by atoms with Gasteiger partial charge in [-0.25, -0.2) is 4.98 Å². The minimum absolute atomic E-state index is 0.180. The van der Waals surface area contributed by atoms with E-state index < -0.39 is 0 Å². The van der Waals surface area contributed by atoms with Gasteiger partial charge in [0.15, 0.2) is 6.17 Å². The second-order valence-electron chi connectivity index (χ2n) is 3.45. The molecule has 0 spiro atoms. The van der Waals surface area contributed by atoms with Crippen LogP contribution in [0.3, 0.4) is 0 Å². The molecule has 0 amide bonds. The summed E-state index contributed by atoms with van der Waals surface area (Å²) in [6.07, 6.45) is 1.57. The summed E-state index contributed by atoms with van der Waals surface area (Å²) in [7, 11) is 0. The van der Waals surface area contributed by atoms with Gasteiger partial charge >= 0.3 is 0 Å².